The summed E-state index contributed by atoms with van der Waals surface area (Å²) in [6.07, 6.45) is 3.70. The van der Waals surface area contributed by atoms with Gasteiger partial charge >= 0.3 is 6.03 Å². The molecule has 2 saturated heterocycles. The number of urea groups is 1. The first-order chi connectivity index (χ1) is 24.6. The van der Waals surface area contributed by atoms with E-state index in [1.54, 1.807) is 16.8 Å². The molecule has 13 heteroatoms. The molecule has 1 unspecified atom stereocenters. The van der Waals surface area contributed by atoms with Crippen molar-refractivity contribution < 1.29 is 24.0 Å². The predicted octanol–water partition coefficient (Wildman–Crippen LogP) is 1.63. The summed E-state index contributed by atoms with van der Waals surface area (Å²) >= 11 is 0. The normalized spacial score (nSPS) is 19.6. The second-order valence-electron chi connectivity index (χ2n) is 13.8. The summed E-state index contributed by atoms with van der Waals surface area (Å²) < 4.78 is 0. The van der Waals surface area contributed by atoms with Gasteiger partial charge in [0.25, 0.3) is 0 Å². The number of nitrogens with zero attached hydrogens (tertiary/aromatic N) is 2. The Kier molecular flexibility index (Phi) is 15.2. The molecule has 2 fully saturated rings. The Bertz CT molecular complexity index is 1440. The maximum Gasteiger partial charge on any atom is 0.314 e. The van der Waals surface area contributed by atoms with Crippen LogP contribution in [0.3, 0.4) is 0 Å². The predicted molar refractivity (Wildman–Crippen MR) is 197 cm³/mol. The van der Waals surface area contributed by atoms with Gasteiger partial charge in [-0.05, 0) is 69.0 Å². The molecular weight excluding hydrogens is 648 g/mol. The van der Waals surface area contributed by atoms with Crippen LogP contribution in [0.5, 0.6) is 0 Å². The minimum absolute atomic E-state index is 0.0328. The van der Waals surface area contributed by atoms with E-state index in [4.69, 9.17) is 5.73 Å². The van der Waals surface area contributed by atoms with Gasteiger partial charge in [0.05, 0.1) is 6.54 Å². The Morgan fingerprint density at radius 2 is 1.61 bits per heavy atom. The first kappa shape index (κ1) is 39.3. The Balaban J connectivity index is 1.40. The molecule has 13 nitrogen and oxygen atoms in total. The van der Waals surface area contributed by atoms with Gasteiger partial charge in [-0.1, -0.05) is 67.6 Å². The Labute approximate surface area is 301 Å². The molecule has 2 aliphatic heterocycles. The smallest absolute Gasteiger partial charge is 0.314 e. The Hall–Kier alpha value is -4.49. The maximum absolute atomic E-state index is 14.0. The van der Waals surface area contributed by atoms with Gasteiger partial charge < -0.3 is 42.1 Å². The number of carbonyl (C=O) groups excluding carboxylic acids is 5. The molecule has 2 aromatic rings. The number of hydrogen-bond acceptors (Lipinski definition) is 7. The molecule has 51 heavy (non-hydrogen) atoms. The van der Waals surface area contributed by atoms with Crippen molar-refractivity contribution in [3.63, 3.8) is 0 Å². The first-order valence-electron chi connectivity index (χ1n) is 18.3. The van der Waals surface area contributed by atoms with Gasteiger partial charge in [0.15, 0.2) is 0 Å². The molecule has 0 bridgehead atoms. The molecule has 2 heterocycles. The largest absolute Gasteiger partial charge is 0.343 e. The number of unbranched alkanes of at least 4 members (excludes halogenated alkanes) is 1. The van der Waals surface area contributed by atoms with Gasteiger partial charge in [-0.15, -0.1) is 0 Å². The van der Waals surface area contributed by atoms with E-state index in [-0.39, 0.29) is 54.7 Å². The zero-order valence-corrected chi connectivity index (χ0v) is 30.2. The van der Waals surface area contributed by atoms with E-state index < -0.39 is 24.0 Å². The van der Waals surface area contributed by atoms with Gasteiger partial charge in [-0.2, -0.15) is 0 Å². The number of amides is 6. The van der Waals surface area contributed by atoms with Gasteiger partial charge in [-0.25, -0.2) is 4.79 Å². The van der Waals surface area contributed by atoms with Crippen LogP contribution in [0.25, 0.3) is 0 Å². The Morgan fingerprint density at radius 3 is 2.25 bits per heavy atom. The molecule has 4 rings (SSSR count). The highest BCUT2D eigenvalue weighted by Gasteiger charge is 2.45. The van der Waals surface area contributed by atoms with Crippen molar-refractivity contribution in [2.24, 2.45) is 5.73 Å². The number of carbonyl (C=O) groups is 5. The molecule has 0 aliphatic carbocycles. The number of hydrogen-bond donors (Lipinski definition) is 6. The van der Waals surface area contributed by atoms with Crippen LogP contribution in [-0.4, -0.2) is 109 Å². The lowest BCUT2D eigenvalue weighted by molar-refractivity contribution is -0.147. The zero-order valence-electron chi connectivity index (χ0n) is 30.2. The van der Waals surface area contributed by atoms with Crippen LogP contribution in [0, 0.1) is 0 Å². The third-order valence-electron chi connectivity index (χ3n) is 9.88. The summed E-state index contributed by atoms with van der Waals surface area (Å²) in [7, 11) is 1.57. The molecule has 278 valence electrons. The molecule has 0 spiro atoms. The fraction of sp³-hybridized carbons (Fsp3) is 0.553. The van der Waals surface area contributed by atoms with Crippen molar-refractivity contribution in [1.82, 2.24) is 36.4 Å². The van der Waals surface area contributed by atoms with E-state index in [2.05, 4.69) is 33.5 Å². The number of likely N-dealkylation sites (tertiary alicyclic amines) is 2. The number of nitrogens with two attached hydrogens (primary N) is 1. The number of piperidine rings is 1. The summed E-state index contributed by atoms with van der Waals surface area (Å²) in [6, 6.07) is 16.5. The minimum atomic E-state index is -0.905. The van der Waals surface area contributed by atoms with Crippen molar-refractivity contribution in [1.29, 1.82) is 0 Å². The lowest BCUT2D eigenvalue weighted by Crippen LogP contribution is -2.57. The molecule has 0 radical (unpaired) electrons. The second-order valence-corrected chi connectivity index (χ2v) is 13.8. The van der Waals surface area contributed by atoms with Crippen LogP contribution in [0.2, 0.25) is 0 Å². The van der Waals surface area contributed by atoms with Crippen molar-refractivity contribution in [2.45, 2.75) is 94.9 Å². The van der Waals surface area contributed by atoms with E-state index in [1.165, 1.54) is 5.56 Å². The first-order valence-corrected chi connectivity index (χ1v) is 18.3. The highest BCUT2D eigenvalue weighted by Crippen LogP contribution is 2.27. The highest BCUT2D eigenvalue weighted by molar-refractivity contribution is 5.96. The van der Waals surface area contributed by atoms with Gasteiger partial charge in [-0.3, -0.25) is 19.2 Å². The average molecular weight is 705 g/mol. The average Bonchev–Trinajstić information content (AvgIpc) is 3.41. The molecule has 2 aromatic carbocycles. The molecule has 7 N–H and O–H groups in total. The van der Waals surface area contributed by atoms with E-state index in [9.17, 15) is 24.0 Å². The fourth-order valence-corrected chi connectivity index (χ4v) is 6.99. The van der Waals surface area contributed by atoms with E-state index >= 15 is 0 Å². The number of nitrogens with one attached hydrogen (secondary N) is 5. The van der Waals surface area contributed by atoms with E-state index in [1.807, 2.05) is 67.6 Å². The van der Waals surface area contributed by atoms with Crippen LogP contribution in [0.1, 0.15) is 69.4 Å². The fourth-order valence-electron chi connectivity index (χ4n) is 6.99. The SMILES string of the molecule is CNC(=O)NC1CCN(C(=O)[C@@H](CCCCN)N2C(=O)[C@H](NC(=O)[C@@H](Cc3ccccc3)NC(=O)CNC[C@H](C)c3ccccc3)CC2C)CC1. The summed E-state index contributed by atoms with van der Waals surface area (Å²) in [6.45, 7) is 6.03. The Morgan fingerprint density at radius 1 is 0.941 bits per heavy atom. The van der Waals surface area contributed by atoms with Crippen molar-refractivity contribution in [3.8, 4) is 0 Å². The molecule has 5 atom stereocenters. The topological polar surface area (TPSA) is 178 Å². The van der Waals surface area contributed by atoms with Crippen LogP contribution in [-0.2, 0) is 25.6 Å². The lowest BCUT2D eigenvalue weighted by atomic mass is 10.0. The summed E-state index contributed by atoms with van der Waals surface area (Å²) in [5, 5.41) is 14.5. The molecule has 6 amide bonds. The number of rotatable bonds is 17. The molecule has 2 aliphatic rings. The van der Waals surface area contributed by atoms with Gasteiger partial charge in [0.1, 0.15) is 18.1 Å². The van der Waals surface area contributed by atoms with Crippen molar-refractivity contribution in [3.05, 3.63) is 71.8 Å². The maximum atomic E-state index is 14.0. The zero-order chi connectivity index (χ0) is 36.8. The second kappa shape index (κ2) is 19.8. The van der Waals surface area contributed by atoms with E-state index in [0.717, 1.165) is 12.0 Å². The summed E-state index contributed by atoms with van der Waals surface area (Å²) in [5.41, 5.74) is 7.81. The van der Waals surface area contributed by atoms with Crippen LogP contribution in [0.4, 0.5) is 4.79 Å². The van der Waals surface area contributed by atoms with Crippen molar-refractivity contribution in [2.75, 3.05) is 39.8 Å². The quantitative estimate of drug-likeness (QED) is 0.136. The van der Waals surface area contributed by atoms with Gasteiger partial charge in [0.2, 0.25) is 23.6 Å². The third-order valence-corrected chi connectivity index (χ3v) is 9.88. The van der Waals surface area contributed by atoms with E-state index in [0.29, 0.717) is 58.3 Å². The minimum Gasteiger partial charge on any atom is -0.343 e. The van der Waals surface area contributed by atoms with Crippen LogP contribution in [0.15, 0.2) is 60.7 Å². The summed E-state index contributed by atoms with van der Waals surface area (Å²) in [4.78, 5) is 70.1. The van der Waals surface area contributed by atoms with Crippen molar-refractivity contribution >= 4 is 29.7 Å². The molecular formula is C38H56N8O5. The summed E-state index contributed by atoms with van der Waals surface area (Å²) in [5.74, 6) is -1.00. The van der Waals surface area contributed by atoms with Gasteiger partial charge in [0, 0.05) is 45.2 Å². The highest BCUT2D eigenvalue weighted by atomic mass is 16.2. The van der Waals surface area contributed by atoms with Crippen LogP contribution >= 0.6 is 0 Å². The molecule has 0 aromatic heterocycles. The monoisotopic (exact) mass is 704 g/mol. The number of benzene rings is 2. The molecule has 0 saturated carbocycles. The lowest BCUT2D eigenvalue weighted by Gasteiger charge is -2.38. The standard InChI is InChI=1S/C38H56N8O5/c1-26(29-14-8-5-9-15-29)24-41-25-34(47)43-31(23-28-12-6-4-7-13-28)35(48)44-32-22-27(2)46(36(32)49)33(16-10-11-19-39)37(50)45-20-17-30(18-21-45)42-38(51)40-3/h4-9,12-15,26-27,30-33,41H,10-11,16-25,39H2,1-3H3,(H,43,47)(H,44,48)(H2,40,42,51)/t26-,27?,31+,32+,33+/m0/s1. The van der Waals surface area contributed by atoms with Crippen LogP contribution < -0.4 is 32.3 Å². The third kappa shape index (κ3) is 11.5.